The largest absolute Gasteiger partial charge is 0.496 e. The van der Waals surface area contributed by atoms with Crippen molar-refractivity contribution in [3.63, 3.8) is 0 Å². The van der Waals surface area contributed by atoms with Crippen molar-refractivity contribution in [3.05, 3.63) is 40.4 Å². The molecule has 17 heavy (non-hydrogen) atoms. The summed E-state index contributed by atoms with van der Waals surface area (Å²) in [6, 6.07) is 7.39. The molecular formula is C11H12N2O4. The zero-order chi connectivity index (χ0) is 12.3. The third-order valence-corrected chi connectivity index (χ3v) is 2.27. The molecule has 0 amide bonds. The van der Waals surface area contributed by atoms with Crippen molar-refractivity contribution in [2.24, 2.45) is 0 Å². The number of nitrogens with zero attached hydrogens (tertiary/aromatic N) is 2. The SMILES string of the molecule is COc1nn(Cc2ccccc2OC)c(=O)o1. The lowest BCUT2D eigenvalue weighted by atomic mass is 10.2. The van der Waals surface area contributed by atoms with Gasteiger partial charge in [0, 0.05) is 5.56 Å². The van der Waals surface area contributed by atoms with E-state index >= 15 is 0 Å². The van der Waals surface area contributed by atoms with Gasteiger partial charge in [0.1, 0.15) is 5.75 Å². The normalized spacial score (nSPS) is 10.2. The highest BCUT2D eigenvalue weighted by Gasteiger charge is 2.10. The fourth-order valence-corrected chi connectivity index (χ4v) is 1.46. The zero-order valence-electron chi connectivity index (χ0n) is 9.54. The molecule has 0 unspecified atom stereocenters. The molecule has 0 aliphatic heterocycles. The van der Waals surface area contributed by atoms with E-state index in [1.54, 1.807) is 7.11 Å². The van der Waals surface area contributed by atoms with Crippen LogP contribution in [0.25, 0.3) is 0 Å². The van der Waals surface area contributed by atoms with Gasteiger partial charge < -0.3 is 13.9 Å². The first kappa shape index (κ1) is 11.3. The molecule has 6 nitrogen and oxygen atoms in total. The summed E-state index contributed by atoms with van der Waals surface area (Å²) < 4.78 is 15.8. The van der Waals surface area contributed by atoms with Crippen LogP contribution in [0.15, 0.2) is 33.5 Å². The number of ether oxygens (including phenoxy) is 2. The van der Waals surface area contributed by atoms with Crippen LogP contribution in [0.1, 0.15) is 5.56 Å². The molecule has 0 saturated heterocycles. The molecule has 0 spiro atoms. The van der Waals surface area contributed by atoms with E-state index in [2.05, 4.69) is 5.10 Å². The minimum Gasteiger partial charge on any atom is -0.496 e. The van der Waals surface area contributed by atoms with Gasteiger partial charge >= 0.3 is 11.8 Å². The lowest BCUT2D eigenvalue weighted by molar-refractivity contribution is 0.282. The zero-order valence-corrected chi connectivity index (χ0v) is 9.54. The summed E-state index contributed by atoms with van der Waals surface area (Å²) in [5, 5.41) is 3.86. The second-order valence-corrected chi connectivity index (χ2v) is 3.31. The van der Waals surface area contributed by atoms with Crippen molar-refractivity contribution in [1.82, 2.24) is 9.78 Å². The standard InChI is InChI=1S/C11H12N2O4/c1-15-9-6-4-3-5-8(9)7-13-11(14)17-10(12-13)16-2/h3-6H,7H2,1-2H3. The fourth-order valence-electron chi connectivity index (χ4n) is 1.46. The summed E-state index contributed by atoms with van der Waals surface area (Å²) in [5.74, 6) is 0.133. The Morgan fingerprint density at radius 3 is 2.71 bits per heavy atom. The monoisotopic (exact) mass is 236 g/mol. The Bertz CT molecular complexity index is 559. The van der Waals surface area contributed by atoms with Gasteiger partial charge in [0.15, 0.2) is 0 Å². The van der Waals surface area contributed by atoms with Crippen LogP contribution in [0.4, 0.5) is 0 Å². The number of hydrogen-bond donors (Lipinski definition) is 0. The van der Waals surface area contributed by atoms with E-state index in [0.717, 1.165) is 5.56 Å². The van der Waals surface area contributed by atoms with Gasteiger partial charge in [-0.2, -0.15) is 4.68 Å². The average Bonchev–Trinajstić information content (AvgIpc) is 2.71. The maximum absolute atomic E-state index is 11.4. The van der Waals surface area contributed by atoms with E-state index in [1.165, 1.54) is 11.8 Å². The van der Waals surface area contributed by atoms with Gasteiger partial charge in [0.2, 0.25) is 0 Å². The van der Waals surface area contributed by atoms with E-state index in [4.69, 9.17) is 13.9 Å². The molecule has 0 aliphatic carbocycles. The molecule has 0 fully saturated rings. The van der Waals surface area contributed by atoms with Crippen LogP contribution < -0.4 is 15.2 Å². The third kappa shape index (κ3) is 2.30. The Morgan fingerprint density at radius 2 is 2.06 bits per heavy atom. The summed E-state index contributed by atoms with van der Waals surface area (Å²) in [5.41, 5.74) is 0.841. The number of aromatic nitrogens is 2. The van der Waals surface area contributed by atoms with E-state index < -0.39 is 5.76 Å². The molecule has 2 aromatic rings. The Balaban J connectivity index is 2.31. The molecule has 1 aromatic heterocycles. The number of hydrogen-bond acceptors (Lipinski definition) is 5. The van der Waals surface area contributed by atoms with Crippen molar-refractivity contribution in [2.45, 2.75) is 6.54 Å². The lowest BCUT2D eigenvalue weighted by Crippen LogP contribution is -2.16. The third-order valence-electron chi connectivity index (χ3n) is 2.27. The Kier molecular flexibility index (Phi) is 3.13. The highest BCUT2D eigenvalue weighted by atomic mass is 16.6. The van der Waals surface area contributed by atoms with Gasteiger partial charge in [-0.05, 0) is 6.07 Å². The molecule has 90 valence electrons. The predicted octanol–water partition coefficient (Wildman–Crippen LogP) is 0.902. The molecule has 1 aromatic carbocycles. The van der Waals surface area contributed by atoms with Crippen molar-refractivity contribution in [2.75, 3.05) is 14.2 Å². The average molecular weight is 236 g/mol. The molecule has 0 bridgehead atoms. The quantitative estimate of drug-likeness (QED) is 0.789. The van der Waals surface area contributed by atoms with E-state index in [9.17, 15) is 4.79 Å². The highest BCUT2D eigenvalue weighted by molar-refractivity contribution is 5.33. The highest BCUT2D eigenvalue weighted by Crippen LogP contribution is 2.17. The number of benzene rings is 1. The van der Waals surface area contributed by atoms with Gasteiger partial charge in [-0.15, -0.1) is 0 Å². The van der Waals surface area contributed by atoms with Crippen LogP contribution in [-0.2, 0) is 6.54 Å². The summed E-state index contributed by atoms with van der Waals surface area (Å²) in [6.07, 6.45) is -0.0510. The Hall–Kier alpha value is -2.24. The maximum atomic E-state index is 11.4. The van der Waals surface area contributed by atoms with E-state index in [0.29, 0.717) is 5.75 Å². The van der Waals surface area contributed by atoms with Crippen LogP contribution in [0.2, 0.25) is 0 Å². The lowest BCUT2D eigenvalue weighted by Gasteiger charge is -2.06. The first-order chi connectivity index (χ1) is 8.24. The van der Waals surface area contributed by atoms with Crippen LogP contribution in [0.3, 0.4) is 0 Å². The first-order valence-electron chi connectivity index (χ1n) is 4.98. The van der Waals surface area contributed by atoms with Crippen LogP contribution in [0, 0.1) is 0 Å². The first-order valence-corrected chi connectivity index (χ1v) is 4.98. The molecule has 1 heterocycles. The predicted molar refractivity (Wildman–Crippen MR) is 59.4 cm³/mol. The molecule has 0 N–H and O–H groups in total. The molecule has 0 radical (unpaired) electrons. The summed E-state index contributed by atoms with van der Waals surface area (Å²) in [7, 11) is 2.96. The summed E-state index contributed by atoms with van der Waals surface area (Å²) >= 11 is 0. The minimum absolute atomic E-state index is 0.0510. The van der Waals surface area contributed by atoms with Crippen molar-refractivity contribution < 1.29 is 13.9 Å². The maximum Gasteiger partial charge on any atom is 0.439 e. The van der Waals surface area contributed by atoms with Crippen LogP contribution in [0.5, 0.6) is 11.8 Å². The van der Waals surface area contributed by atoms with Crippen molar-refractivity contribution >= 4 is 0 Å². The molecule has 0 saturated carbocycles. The van der Waals surface area contributed by atoms with Crippen LogP contribution >= 0.6 is 0 Å². The van der Waals surface area contributed by atoms with Crippen LogP contribution in [-0.4, -0.2) is 24.0 Å². The molecule has 0 atom stereocenters. The molecule has 2 rings (SSSR count). The molecular weight excluding hydrogens is 224 g/mol. The Labute approximate surface area is 97.4 Å². The second kappa shape index (κ2) is 4.73. The number of para-hydroxylation sites is 1. The van der Waals surface area contributed by atoms with Crippen molar-refractivity contribution in [1.29, 1.82) is 0 Å². The van der Waals surface area contributed by atoms with Gasteiger partial charge in [-0.3, -0.25) is 0 Å². The van der Waals surface area contributed by atoms with E-state index in [1.807, 2.05) is 24.3 Å². The minimum atomic E-state index is -0.562. The van der Waals surface area contributed by atoms with Gasteiger partial charge in [0.05, 0.1) is 20.8 Å². The van der Waals surface area contributed by atoms with E-state index in [-0.39, 0.29) is 12.6 Å². The number of rotatable bonds is 4. The summed E-state index contributed by atoms with van der Waals surface area (Å²) in [4.78, 5) is 11.4. The smallest absolute Gasteiger partial charge is 0.439 e. The Morgan fingerprint density at radius 1 is 1.29 bits per heavy atom. The van der Waals surface area contributed by atoms with Gasteiger partial charge in [-0.25, -0.2) is 4.79 Å². The molecule has 0 aliphatic rings. The van der Waals surface area contributed by atoms with Gasteiger partial charge in [0.25, 0.3) is 0 Å². The second-order valence-electron chi connectivity index (χ2n) is 3.31. The topological polar surface area (TPSA) is 66.5 Å². The van der Waals surface area contributed by atoms with Gasteiger partial charge in [-0.1, -0.05) is 23.3 Å². The number of methoxy groups -OCH3 is 2. The summed E-state index contributed by atoms with van der Waals surface area (Å²) in [6.45, 7) is 0.274. The fraction of sp³-hybridized carbons (Fsp3) is 0.273. The van der Waals surface area contributed by atoms with Crippen molar-refractivity contribution in [3.8, 4) is 11.8 Å². The molecule has 6 heteroatoms.